The zero-order valence-corrected chi connectivity index (χ0v) is 19.4. The number of aromatic amines is 1. The van der Waals surface area contributed by atoms with Crippen molar-refractivity contribution >= 4 is 34.4 Å². The lowest BCUT2D eigenvalue weighted by molar-refractivity contribution is -0.128. The standard InChI is InChI=1S/C25H29ClN6O/c1-2-23(33)32-12-10-31(11-13-32)18-7-5-6-17(14-18)29-25-28-16-21(26)24(30-25)20-15-27-22-9-4-3-8-19(20)22/h2-4,8-9,15-18,27H,1,5-7,10-14H2,(H,28,29,30)/t17-,18?/m1/s1. The van der Waals surface area contributed by atoms with Crippen molar-refractivity contribution in [1.29, 1.82) is 0 Å². The lowest BCUT2D eigenvalue weighted by atomic mass is 9.89. The summed E-state index contributed by atoms with van der Waals surface area (Å²) in [5.41, 5.74) is 2.78. The maximum Gasteiger partial charge on any atom is 0.246 e. The lowest BCUT2D eigenvalue weighted by Crippen LogP contribution is -2.53. The second-order valence-corrected chi connectivity index (χ2v) is 9.27. The van der Waals surface area contributed by atoms with Gasteiger partial charge >= 0.3 is 0 Å². The van der Waals surface area contributed by atoms with Gasteiger partial charge in [0.05, 0.1) is 16.9 Å². The number of piperazine rings is 1. The van der Waals surface area contributed by atoms with Crippen LogP contribution < -0.4 is 5.32 Å². The molecular formula is C25H29ClN6O. The van der Waals surface area contributed by atoms with Gasteiger partial charge in [0, 0.05) is 60.9 Å². The molecule has 0 spiro atoms. The molecule has 2 N–H and O–H groups in total. The van der Waals surface area contributed by atoms with E-state index >= 15 is 0 Å². The van der Waals surface area contributed by atoms with E-state index in [2.05, 4.69) is 32.8 Å². The summed E-state index contributed by atoms with van der Waals surface area (Å²) in [4.78, 5) is 28.8. The van der Waals surface area contributed by atoms with Gasteiger partial charge in [-0.15, -0.1) is 0 Å². The number of hydrogen-bond acceptors (Lipinski definition) is 5. The highest BCUT2D eigenvalue weighted by Crippen LogP contribution is 2.33. The molecule has 3 aromatic rings. The Kier molecular flexibility index (Phi) is 6.33. The third-order valence-electron chi connectivity index (χ3n) is 6.89. The van der Waals surface area contributed by atoms with Gasteiger partial charge in [0.1, 0.15) is 0 Å². The molecule has 1 saturated carbocycles. The van der Waals surface area contributed by atoms with E-state index in [0.717, 1.165) is 67.6 Å². The molecule has 0 bridgehead atoms. The Bertz CT molecular complexity index is 1150. The quantitative estimate of drug-likeness (QED) is 0.549. The zero-order valence-electron chi connectivity index (χ0n) is 18.6. The molecule has 7 nitrogen and oxygen atoms in total. The molecule has 172 valence electrons. The molecule has 1 aromatic carbocycles. The highest BCUT2D eigenvalue weighted by molar-refractivity contribution is 6.33. The number of H-pyrrole nitrogens is 1. The first-order valence-corrected chi connectivity index (χ1v) is 12.0. The van der Waals surface area contributed by atoms with E-state index < -0.39 is 0 Å². The van der Waals surface area contributed by atoms with Crippen molar-refractivity contribution in [3.05, 3.63) is 54.3 Å². The third-order valence-corrected chi connectivity index (χ3v) is 7.16. The van der Waals surface area contributed by atoms with Crippen LogP contribution in [0.3, 0.4) is 0 Å². The average molecular weight is 465 g/mol. The number of benzene rings is 1. The Morgan fingerprint density at radius 2 is 2.03 bits per heavy atom. The Morgan fingerprint density at radius 1 is 1.21 bits per heavy atom. The van der Waals surface area contributed by atoms with Crippen molar-refractivity contribution in [2.75, 3.05) is 31.5 Å². The van der Waals surface area contributed by atoms with E-state index in [0.29, 0.717) is 23.1 Å². The van der Waals surface area contributed by atoms with Gasteiger partial charge in [0.25, 0.3) is 0 Å². The zero-order chi connectivity index (χ0) is 22.8. The van der Waals surface area contributed by atoms with E-state index in [-0.39, 0.29) is 5.91 Å². The van der Waals surface area contributed by atoms with Crippen LogP contribution in [-0.2, 0) is 4.79 Å². The molecule has 1 unspecified atom stereocenters. The summed E-state index contributed by atoms with van der Waals surface area (Å²) in [6, 6.07) is 8.96. The third kappa shape index (κ3) is 4.61. The van der Waals surface area contributed by atoms with Gasteiger partial charge in [-0.05, 0) is 37.8 Å². The van der Waals surface area contributed by atoms with E-state index in [1.54, 1.807) is 6.20 Å². The summed E-state index contributed by atoms with van der Waals surface area (Å²) in [6.07, 6.45) is 9.55. The summed E-state index contributed by atoms with van der Waals surface area (Å²) < 4.78 is 0. The minimum atomic E-state index is 0.0312. The van der Waals surface area contributed by atoms with Crippen molar-refractivity contribution < 1.29 is 4.79 Å². The number of para-hydroxylation sites is 1. The summed E-state index contributed by atoms with van der Waals surface area (Å²) in [5, 5.41) is 5.20. The monoisotopic (exact) mass is 464 g/mol. The van der Waals surface area contributed by atoms with Crippen molar-refractivity contribution in [3.8, 4) is 11.3 Å². The first kappa shape index (κ1) is 21.9. The summed E-state index contributed by atoms with van der Waals surface area (Å²) in [7, 11) is 0. The van der Waals surface area contributed by atoms with E-state index in [4.69, 9.17) is 16.6 Å². The molecule has 2 fully saturated rings. The topological polar surface area (TPSA) is 77.2 Å². The van der Waals surface area contributed by atoms with Crippen LogP contribution in [0.1, 0.15) is 25.7 Å². The van der Waals surface area contributed by atoms with Crippen LogP contribution in [0.25, 0.3) is 22.2 Å². The lowest BCUT2D eigenvalue weighted by Gasteiger charge is -2.42. The van der Waals surface area contributed by atoms with Crippen LogP contribution in [0.4, 0.5) is 5.95 Å². The molecule has 5 rings (SSSR count). The number of anilines is 1. The van der Waals surface area contributed by atoms with Gasteiger partial charge in [0.2, 0.25) is 11.9 Å². The molecule has 33 heavy (non-hydrogen) atoms. The van der Waals surface area contributed by atoms with Crippen LogP contribution in [0, 0.1) is 0 Å². The minimum Gasteiger partial charge on any atom is -0.360 e. The molecule has 1 aliphatic heterocycles. The van der Waals surface area contributed by atoms with Crippen LogP contribution in [0.5, 0.6) is 0 Å². The second-order valence-electron chi connectivity index (χ2n) is 8.87. The highest BCUT2D eigenvalue weighted by Gasteiger charge is 2.30. The number of amides is 1. The Morgan fingerprint density at radius 3 is 2.85 bits per heavy atom. The number of nitrogens with zero attached hydrogens (tertiary/aromatic N) is 4. The van der Waals surface area contributed by atoms with Crippen molar-refractivity contribution in [3.63, 3.8) is 0 Å². The molecule has 2 atom stereocenters. The average Bonchev–Trinajstić information content (AvgIpc) is 3.29. The van der Waals surface area contributed by atoms with Gasteiger partial charge in [-0.1, -0.05) is 36.4 Å². The number of nitrogens with one attached hydrogen (secondary N) is 2. The van der Waals surface area contributed by atoms with Crippen molar-refractivity contribution in [1.82, 2.24) is 24.8 Å². The first-order chi connectivity index (χ1) is 16.1. The number of rotatable bonds is 5. The van der Waals surface area contributed by atoms with Crippen LogP contribution in [0.2, 0.25) is 5.02 Å². The van der Waals surface area contributed by atoms with E-state index in [1.807, 2.05) is 29.3 Å². The van der Waals surface area contributed by atoms with Crippen molar-refractivity contribution in [2.45, 2.75) is 37.8 Å². The van der Waals surface area contributed by atoms with E-state index in [9.17, 15) is 4.79 Å². The van der Waals surface area contributed by atoms with Gasteiger partial charge in [-0.2, -0.15) is 0 Å². The van der Waals surface area contributed by atoms with Gasteiger partial charge in [0.15, 0.2) is 0 Å². The molecule has 2 aliphatic rings. The SMILES string of the molecule is C=CC(=O)N1CCN(C2CCC[C@@H](Nc3ncc(Cl)c(-c4c[nH]c5ccccc45)n3)C2)CC1. The number of hydrogen-bond donors (Lipinski definition) is 2. The normalized spacial score (nSPS) is 21.8. The Labute approximate surface area is 198 Å². The maximum atomic E-state index is 11.9. The minimum absolute atomic E-state index is 0.0312. The van der Waals surface area contributed by atoms with Crippen LogP contribution in [0.15, 0.2) is 49.3 Å². The molecule has 1 amide bonds. The van der Waals surface area contributed by atoms with Crippen LogP contribution >= 0.6 is 11.6 Å². The molecule has 1 aliphatic carbocycles. The Balaban J connectivity index is 1.27. The molecular weight excluding hydrogens is 436 g/mol. The molecule has 1 saturated heterocycles. The van der Waals surface area contributed by atoms with Crippen molar-refractivity contribution in [2.24, 2.45) is 0 Å². The molecule has 8 heteroatoms. The summed E-state index contributed by atoms with van der Waals surface area (Å²) >= 11 is 6.49. The van der Waals surface area contributed by atoms with E-state index in [1.165, 1.54) is 12.5 Å². The van der Waals surface area contributed by atoms with Gasteiger partial charge in [-0.3, -0.25) is 9.69 Å². The smallest absolute Gasteiger partial charge is 0.246 e. The highest BCUT2D eigenvalue weighted by atomic mass is 35.5. The fourth-order valence-electron chi connectivity index (χ4n) is 5.14. The predicted octanol–water partition coefficient (Wildman–Crippen LogP) is 4.33. The number of halogens is 1. The van der Waals surface area contributed by atoms with Gasteiger partial charge in [-0.25, -0.2) is 9.97 Å². The number of fused-ring (bicyclic) bond motifs is 1. The largest absolute Gasteiger partial charge is 0.360 e. The fraction of sp³-hybridized carbons (Fsp3) is 0.400. The predicted molar refractivity (Wildman–Crippen MR) is 132 cm³/mol. The Hall–Kier alpha value is -2.90. The summed E-state index contributed by atoms with van der Waals surface area (Å²) in [6.45, 7) is 6.98. The summed E-state index contributed by atoms with van der Waals surface area (Å²) in [5.74, 6) is 0.649. The van der Waals surface area contributed by atoms with Crippen LogP contribution in [-0.4, -0.2) is 68.9 Å². The second kappa shape index (κ2) is 9.53. The molecule has 3 heterocycles. The number of aromatic nitrogens is 3. The first-order valence-electron chi connectivity index (χ1n) is 11.6. The maximum absolute atomic E-state index is 11.9. The van der Waals surface area contributed by atoms with Gasteiger partial charge < -0.3 is 15.2 Å². The fourth-order valence-corrected chi connectivity index (χ4v) is 5.33. The molecule has 0 radical (unpaired) electrons. The number of carbonyl (C=O) groups is 1. The molecule has 2 aromatic heterocycles. The number of carbonyl (C=O) groups excluding carboxylic acids is 1.